The fourth-order valence-electron chi connectivity index (χ4n) is 8.20. The average Bonchev–Trinajstić information content (AvgIpc) is 3.09. The molecule has 3 saturated carbocycles. The van der Waals surface area contributed by atoms with Crippen molar-refractivity contribution in [3.05, 3.63) is 11.6 Å². The lowest BCUT2D eigenvalue weighted by Crippen LogP contribution is -2.50. The molecule has 4 rings (SSSR count). The Bertz CT molecular complexity index is 583. The van der Waals surface area contributed by atoms with Gasteiger partial charge in [-0.3, -0.25) is 0 Å². The predicted octanol–water partition coefficient (Wildman–Crippen LogP) is 7.14. The highest BCUT2D eigenvalue weighted by Crippen LogP contribution is 2.66. The molecule has 0 aromatic rings. The maximum absolute atomic E-state index is 10.2. The number of fused-ring (bicyclic) bond motifs is 5. The minimum Gasteiger partial charge on any atom is -0.396 e. The summed E-state index contributed by atoms with van der Waals surface area (Å²) in [6.45, 7) is 11.7. The van der Waals surface area contributed by atoms with Crippen molar-refractivity contribution in [3.63, 3.8) is 0 Å². The second kappa shape index (κ2) is 10.1. The third kappa shape index (κ3) is 4.42. The van der Waals surface area contributed by atoms with E-state index in [1.807, 2.05) is 13.8 Å². The van der Waals surface area contributed by atoms with E-state index in [9.17, 15) is 10.2 Å². The molecule has 2 heteroatoms. The van der Waals surface area contributed by atoms with Gasteiger partial charge in [0.2, 0.25) is 0 Å². The molecular formula is C28H50O2. The van der Waals surface area contributed by atoms with Crippen molar-refractivity contribution in [2.75, 3.05) is 6.61 Å². The minimum absolute atomic E-state index is 0.0888. The fourth-order valence-corrected chi connectivity index (χ4v) is 8.20. The molecule has 4 aliphatic rings. The van der Waals surface area contributed by atoms with E-state index >= 15 is 0 Å². The summed E-state index contributed by atoms with van der Waals surface area (Å²) in [6, 6.07) is 0. The molecule has 174 valence electrons. The molecule has 3 fully saturated rings. The molecule has 2 N–H and O–H groups in total. The van der Waals surface area contributed by atoms with E-state index in [0.717, 1.165) is 36.5 Å². The first kappa shape index (κ1) is 24.3. The first-order valence-electron chi connectivity index (χ1n) is 13.4. The molecule has 0 spiro atoms. The van der Waals surface area contributed by atoms with Gasteiger partial charge in [-0.25, -0.2) is 0 Å². The summed E-state index contributed by atoms with van der Waals surface area (Å²) in [5, 5.41) is 19.4. The predicted molar refractivity (Wildman–Crippen MR) is 127 cm³/mol. The van der Waals surface area contributed by atoms with Crippen LogP contribution in [0.25, 0.3) is 0 Å². The zero-order valence-electron chi connectivity index (χ0n) is 20.6. The maximum atomic E-state index is 10.2. The SMILES string of the molecule is CC.C[C@H](CO)CCCCC1CCC2[C@@H]3CC=C4C[C@@H](O)CC[C@]4(C)C3CCC12C. The topological polar surface area (TPSA) is 40.5 Å². The van der Waals surface area contributed by atoms with Crippen molar-refractivity contribution in [2.45, 2.75) is 118 Å². The van der Waals surface area contributed by atoms with Crippen LogP contribution in [0.2, 0.25) is 0 Å². The van der Waals surface area contributed by atoms with Crippen molar-refractivity contribution in [3.8, 4) is 0 Å². The monoisotopic (exact) mass is 418 g/mol. The summed E-state index contributed by atoms with van der Waals surface area (Å²) < 4.78 is 0. The van der Waals surface area contributed by atoms with E-state index in [4.69, 9.17) is 0 Å². The Kier molecular flexibility index (Phi) is 8.16. The van der Waals surface area contributed by atoms with Crippen LogP contribution < -0.4 is 0 Å². The van der Waals surface area contributed by atoms with Crippen molar-refractivity contribution >= 4 is 0 Å². The third-order valence-corrected chi connectivity index (χ3v) is 10.1. The highest BCUT2D eigenvalue weighted by molar-refractivity contribution is 5.25. The smallest absolute Gasteiger partial charge is 0.0577 e. The Balaban J connectivity index is 0.00000124. The molecular weight excluding hydrogens is 368 g/mol. The number of hydrogen-bond donors (Lipinski definition) is 2. The van der Waals surface area contributed by atoms with Gasteiger partial charge in [0, 0.05) is 6.61 Å². The van der Waals surface area contributed by atoms with Crippen LogP contribution in [0.15, 0.2) is 11.6 Å². The van der Waals surface area contributed by atoms with E-state index in [1.165, 1.54) is 64.2 Å². The van der Waals surface area contributed by atoms with Gasteiger partial charge in [-0.2, -0.15) is 0 Å². The molecule has 30 heavy (non-hydrogen) atoms. The molecule has 0 aliphatic heterocycles. The van der Waals surface area contributed by atoms with E-state index in [1.54, 1.807) is 5.57 Å². The van der Waals surface area contributed by atoms with Crippen molar-refractivity contribution in [2.24, 2.45) is 40.4 Å². The van der Waals surface area contributed by atoms with Gasteiger partial charge in [0.1, 0.15) is 0 Å². The lowest BCUT2D eigenvalue weighted by molar-refractivity contribution is -0.0509. The molecule has 2 nitrogen and oxygen atoms in total. The van der Waals surface area contributed by atoms with E-state index in [2.05, 4.69) is 26.8 Å². The van der Waals surface area contributed by atoms with Crippen LogP contribution in [-0.2, 0) is 0 Å². The van der Waals surface area contributed by atoms with Crippen LogP contribution in [0, 0.1) is 40.4 Å². The van der Waals surface area contributed by atoms with E-state index in [0.29, 0.717) is 23.4 Å². The number of rotatable bonds is 6. The van der Waals surface area contributed by atoms with Crippen molar-refractivity contribution in [1.82, 2.24) is 0 Å². The number of aliphatic hydroxyl groups is 2. The Morgan fingerprint density at radius 1 is 1.03 bits per heavy atom. The second-order valence-electron chi connectivity index (χ2n) is 11.5. The van der Waals surface area contributed by atoms with Gasteiger partial charge in [-0.15, -0.1) is 0 Å². The Labute approximate surface area is 186 Å². The lowest BCUT2D eigenvalue weighted by Gasteiger charge is -2.58. The third-order valence-electron chi connectivity index (χ3n) is 10.1. The van der Waals surface area contributed by atoms with E-state index in [-0.39, 0.29) is 6.10 Å². The number of aliphatic hydroxyl groups excluding tert-OH is 2. The summed E-state index contributed by atoms with van der Waals surface area (Å²) in [4.78, 5) is 0. The lowest BCUT2D eigenvalue weighted by atomic mass is 9.47. The van der Waals surface area contributed by atoms with Crippen molar-refractivity contribution in [1.29, 1.82) is 0 Å². The molecule has 4 aliphatic carbocycles. The first-order valence-corrected chi connectivity index (χ1v) is 13.4. The summed E-state index contributed by atoms with van der Waals surface area (Å²) in [6.07, 6.45) is 17.9. The number of unbranched alkanes of at least 4 members (excludes halogenated alkanes) is 1. The molecule has 8 atom stereocenters. The number of hydrogen-bond acceptors (Lipinski definition) is 2. The van der Waals surface area contributed by atoms with Gasteiger partial charge >= 0.3 is 0 Å². The van der Waals surface area contributed by atoms with Gasteiger partial charge < -0.3 is 10.2 Å². The second-order valence-corrected chi connectivity index (χ2v) is 11.5. The molecule has 0 amide bonds. The quantitative estimate of drug-likeness (QED) is 0.355. The highest BCUT2D eigenvalue weighted by atomic mass is 16.3. The van der Waals surface area contributed by atoms with Gasteiger partial charge in [0.05, 0.1) is 6.10 Å². The van der Waals surface area contributed by atoms with Crippen LogP contribution in [0.1, 0.15) is 112 Å². The minimum atomic E-state index is -0.0888. The van der Waals surface area contributed by atoms with Gasteiger partial charge in [-0.05, 0) is 105 Å². The van der Waals surface area contributed by atoms with Crippen LogP contribution >= 0.6 is 0 Å². The zero-order chi connectivity index (χ0) is 21.9. The summed E-state index contributed by atoms with van der Waals surface area (Å²) in [5.74, 6) is 4.08. The van der Waals surface area contributed by atoms with Crippen LogP contribution in [0.4, 0.5) is 0 Å². The molecule has 4 unspecified atom stereocenters. The molecule has 0 aromatic carbocycles. The molecule has 0 radical (unpaired) electrons. The molecule has 0 saturated heterocycles. The Hall–Kier alpha value is -0.340. The Morgan fingerprint density at radius 3 is 2.53 bits per heavy atom. The number of allylic oxidation sites excluding steroid dienone is 1. The highest BCUT2D eigenvalue weighted by Gasteiger charge is 2.58. The summed E-state index contributed by atoms with van der Waals surface area (Å²) in [7, 11) is 0. The van der Waals surface area contributed by atoms with Crippen molar-refractivity contribution < 1.29 is 10.2 Å². The van der Waals surface area contributed by atoms with Crippen LogP contribution in [-0.4, -0.2) is 22.9 Å². The first-order chi connectivity index (χ1) is 14.4. The normalized spacial score (nSPS) is 43.4. The fraction of sp³-hybridized carbons (Fsp3) is 0.929. The average molecular weight is 419 g/mol. The maximum Gasteiger partial charge on any atom is 0.0577 e. The summed E-state index contributed by atoms with van der Waals surface area (Å²) in [5.41, 5.74) is 2.55. The Morgan fingerprint density at radius 2 is 1.80 bits per heavy atom. The van der Waals surface area contributed by atoms with Gasteiger partial charge in [-0.1, -0.05) is 59.1 Å². The molecule has 0 heterocycles. The van der Waals surface area contributed by atoms with Gasteiger partial charge in [0.15, 0.2) is 0 Å². The van der Waals surface area contributed by atoms with Crippen LogP contribution in [0.5, 0.6) is 0 Å². The zero-order valence-corrected chi connectivity index (χ0v) is 20.6. The summed E-state index contributed by atoms with van der Waals surface area (Å²) >= 11 is 0. The van der Waals surface area contributed by atoms with E-state index < -0.39 is 0 Å². The standard InChI is InChI=1S/C26H44O2.C2H6/c1-18(17-27)6-4-5-7-19-9-11-23-22-10-8-20-16-21(28)12-14-26(20,3)24(22)13-15-25(19,23)2;1-2/h8,18-19,21-24,27-28H,4-7,9-17H2,1-3H3;1-2H3/t18-,19?,21-,22-,23?,24?,25?,26-;/m0./s1. The van der Waals surface area contributed by atoms with Gasteiger partial charge in [0.25, 0.3) is 0 Å². The van der Waals surface area contributed by atoms with Crippen LogP contribution in [0.3, 0.4) is 0 Å². The molecule has 0 aromatic heterocycles. The largest absolute Gasteiger partial charge is 0.396 e. The molecule has 0 bridgehead atoms.